The Kier molecular flexibility index (Phi) is 6.74. The molecule has 1 saturated carbocycles. The van der Waals surface area contributed by atoms with Crippen molar-refractivity contribution in [3.8, 4) is 0 Å². The van der Waals surface area contributed by atoms with Gasteiger partial charge in [-0.3, -0.25) is 9.78 Å². The van der Waals surface area contributed by atoms with Crippen molar-refractivity contribution in [3.63, 3.8) is 0 Å². The van der Waals surface area contributed by atoms with Gasteiger partial charge >= 0.3 is 0 Å². The topological polar surface area (TPSA) is 104 Å². The van der Waals surface area contributed by atoms with E-state index in [1.807, 2.05) is 11.0 Å². The number of aromatic nitrogens is 2. The lowest BCUT2D eigenvalue weighted by molar-refractivity contribution is 0.0156. The van der Waals surface area contributed by atoms with Crippen LogP contribution in [-0.4, -0.2) is 56.0 Å². The molecule has 0 spiro atoms. The SMILES string of the molecule is CS(=O)(=O)N[C@H]1CCN(c2cncc(=O)[nH]2)[C@H]1COC1CCC(c2ccccc2)CC1. The highest BCUT2D eigenvalue weighted by Gasteiger charge is 2.37. The number of benzene rings is 1. The number of anilines is 1. The summed E-state index contributed by atoms with van der Waals surface area (Å²) >= 11 is 0. The van der Waals surface area contributed by atoms with Crippen molar-refractivity contribution in [2.45, 2.75) is 56.2 Å². The molecule has 2 aromatic rings. The van der Waals surface area contributed by atoms with Crippen LogP contribution in [0.3, 0.4) is 0 Å². The number of ether oxygens (including phenoxy) is 1. The molecule has 2 atom stereocenters. The summed E-state index contributed by atoms with van der Waals surface area (Å²) in [7, 11) is -3.36. The number of aromatic amines is 1. The third kappa shape index (κ3) is 5.72. The molecule has 4 rings (SSSR count). The van der Waals surface area contributed by atoms with Crippen LogP contribution in [0.4, 0.5) is 5.82 Å². The highest BCUT2D eigenvalue weighted by atomic mass is 32.2. The molecule has 0 bridgehead atoms. The Labute approximate surface area is 183 Å². The molecule has 1 saturated heterocycles. The lowest BCUT2D eigenvalue weighted by Crippen LogP contribution is -2.48. The van der Waals surface area contributed by atoms with Crippen LogP contribution in [0.1, 0.15) is 43.6 Å². The van der Waals surface area contributed by atoms with Crippen LogP contribution in [0.25, 0.3) is 0 Å². The van der Waals surface area contributed by atoms with Crippen LogP contribution in [0.15, 0.2) is 47.5 Å². The minimum absolute atomic E-state index is 0.161. The molecule has 9 heteroatoms. The first-order valence-electron chi connectivity index (χ1n) is 10.8. The van der Waals surface area contributed by atoms with Gasteiger partial charge in [-0.25, -0.2) is 13.1 Å². The second kappa shape index (κ2) is 9.50. The van der Waals surface area contributed by atoms with E-state index in [1.165, 1.54) is 18.0 Å². The first-order chi connectivity index (χ1) is 14.9. The minimum atomic E-state index is -3.36. The third-order valence-corrected chi connectivity index (χ3v) is 7.04. The zero-order chi connectivity index (χ0) is 21.8. The van der Waals surface area contributed by atoms with Gasteiger partial charge in [-0.1, -0.05) is 30.3 Å². The molecular formula is C22H30N4O4S. The van der Waals surface area contributed by atoms with Crippen molar-refractivity contribution in [1.29, 1.82) is 0 Å². The fourth-order valence-corrected chi connectivity index (χ4v) is 5.63. The Bertz CT molecular complexity index is 1020. The zero-order valence-corrected chi connectivity index (χ0v) is 18.6. The first-order valence-corrected chi connectivity index (χ1v) is 12.7. The maximum atomic E-state index is 11.9. The quantitative estimate of drug-likeness (QED) is 0.674. The van der Waals surface area contributed by atoms with Gasteiger partial charge in [0.05, 0.1) is 37.4 Å². The van der Waals surface area contributed by atoms with E-state index in [9.17, 15) is 13.2 Å². The van der Waals surface area contributed by atoms with E-state index in [2.05, 4.69) is 39.0 Å². The Balaban J connectivity index is 1.40. The molecule has 1 aliphatic heterocycles. The number of nitrogens with one attached hydrogen (secondary N) is 2. The van der Waals surface area contributed by atoms with Crippen LogP contribution >= 0.6 is 0 Å². The number of hydrogen-bond donors (Lipinski definition) is 2. The smallest absolute Gasteiger partial charge is 0.267 e. The number of rotatable bonds is 7. The zero-order valence-electron chi connectivity index (χ0n) is 17.7. The van der Waals surface area contributed by atoms with E-state index in [0.29, 0.717) is 31.3 Å². The Morgan fingerprint density at radius 2 is 1.87 bits per heavy atom. The van der Waals surface area contributed by atoms with Gasteiger partial charge in [-0.15, -0.1) is 0 Å². The fraction of sp³-hybridized carbons (Fsp3) is 0.545. The van der Waals surface area contributed by atoms with Crippen molar-refractivity contribution in [3.05, 3.63) is 58.6 Å². The molecule has 31 heavy (non-hydrogen) atoms. The van der Waals surface area contributed by atoms with E-state index in [0.717, 1.165) is 25.7 Å². The number of sulfonamides is 1. The molecule has 0 radical (unpaired) electrons. The summed E-state index contributed by atoms with van der Waals surface area (Å²) in [5, 5.41) is 0. The minimum Gasteiger partial charge on any atom is -0.376 e. The predicted molar refractivity (Wildman–Crippen MR) is 120 cm³/mol. The highest BCUT2D eigenvalue weighted by Crippen LogP contribution is 2.34. The van der Waals surface area contributed by atoms with E-state index in [4.69, 9.17) is 4.74 Å². The largest absolute Gasteiger partial charge is 0.376 e. The van der Waals surface area contributed by atoms with Crippen LogP contribution < -0.4 is 15.2 Å². The van der Waals surface area contributed by atoms with E-state index in [-0.39, 0.29) is 23.7 Å². The fourth-order valence-electron chi connectivity index (χ4n) is 4.81. The molecule has 0 amide bonds. The molecule has 2 N–H and O–H groups in total. The molecule has 168 valence electrons. The maximum absolute atomic E-state index is 11.9. The molecular weight excluding hydrogens is 416 g/mol. The molecule has 1 aromatic carbocycles. The second-order valence-corrected chi connectivity index (χ2v) is 10.3. The number of H-pyrrole nitrogens is 1. The average Bonchev–Trinajstić information content (AvgIpc) is 3.14. The van der Waals surface area contributed by atoms with E-state index >= 15 is 0 Å². The van der Waals surface area contributed by atoms with Crippen LogP contribution in [0.5, 0.6) is 0 Å². The van der Waals surface area contributed by atoms with Gasteiger partial charge < -0.3 is 14.6 Å². The van der Waals surface area contributed by atoms with E-state index in [1.54, 1.807) is 6.20 Å². The average molecular weight is 447 g/mol. The molecule has 1 aromatic heterocycles. The number of nitrogens with zero attached hydrogens (tertiary/aromatic N) is 2. The van der Waals surface area contributed by atoms with Gasteiger partial charge in [0.2, 0.25) is 10.0 Å². The Hall–Kier alpha value is -2.23. The van der Waals surface area contributed by atoms with Gasteiger partial charge in [-0.2, -0.15) is 0 Å². The van der Waals surface area contributed by atoms with Gasteiger partial charge in [0.25, 0.3) is 5.56 Å². The van der Waals surface area contributed by atoms with Crippen LogP contribution in [0.2, 0.25) is 0 Å². The van der Waals surface area contributed by atoms with Gasteiger partial charge in [0.15, 0.2) is 0 Å². The maximum Gasteiger partial charge on any atom is 0.267 e. The van der Waals surface area contributed by atoms with Crippen LogP contribution in [0, 0.1) is 0 Å². The predicted octanol–water partition coefficient (Wildman–Crippen LogP) is 2.01. The summed E-state index contributed by atoms with van der Waals surface area (Å²) in [6.07, 6.45) is 8.94. The molecule has 2 aliphatic rings. The lowest BCUT2D eigenvalue weighted by atomic mass is 9.83. The molecule has 8 nitrogen and oxygen atoms in total. The summed E-state index contributed by atoms with van der Waals surface area (Å²) in [6, 6.07) is 10.1. The van der Waals surface area contributed by atoms with E-state index < -0.39 is 10.0 Å². The summed E-state index contributed by atoms with van der Waals surface area (Å²) < 4.78 is 32.8. The van der Waals surface area contributed by atoms with Crippen LogP contribution in [-0.2, 0) is 14.8 Å². The summed E-state index contributed by atoms with van der Waals surface area (Å²) in [5.74, 6) is 1.16. The normalized spacial score (nSPS) is 26.8. The molecule has 2 fully saturated rings. The van der Waals surface area contributed by atoms with Crippen molar-refractivity contribution in [2.24, 2.45) is 0 Å². The third-order valence-electron chi connectivity index (χ3n) is 6.31. The lowest BCUT2D eigenvalue weighted by Gasteiger charge is -2.33. The number of hydrogen-bond acceptors (Lipinski definition) is 6. The second-order valence-electron chi connectivity index (χ2n) is 8.55. The summed E-state index contributed by atoms with van der Waals surface area (Å²) in [6.45, 7) is 1.01. The molecule has 2 heterocycles. The molecule has 1 aliphatic carbocycles. The van der Waals surface area contributed by atoms with Crippen molar-refractivity contribution >= 4 is 15.8 Å². The monoisotopic (exact) mass is 446 g/mol. The van der Waals surface area contributed by atoms with Gasteiger partial charge in [0.1, 0.15) is 5.82 Å². The Morgan fingerprint density at radius 3 is 2.55 bits per heavy atom. The van der Waals surface area contributed by atoms with Gasteiger partial charge in [-0.05, 0) is 43.6 Å². The Morgan fingerprint density at radius 1 is 1.13 bits per heavy atom. The first kappa shape index (κ1) is 22.0. The van der Waals surface area contributed by atoms with Crippen molar-refractivity contribution in [1.82, 2.24) is 14.7 Å². The summed E-state index contributed by atoms with van der Waals surface area (Å²) in [4.78, 5) is 20.5. The molecule has 0 unspecified atom stereocenters. The van der Waals surface area contributed by atoms with Crippen molar-refractivity contribution < 1.29 is 13.2 Å². The van der Waals surface area contributed by atoms with Gasteiger partial charge in [0, 0.05) is 12.6 Å². The summed E-state index contributed by atoms with van der Waals surface area (Å²) in [5.41, 5.74) is 1.11. The van der Waals surface area contributed by atoms with Crippen molar-refractivity contribution in [2.75, 3.05) is 24.3 Å². The standard InChI is InChI=1S/C22H30N4O4S/c1-31(28,29)25-19-11-12-26(21-13-23-14-22(27)24-21)20(19)15-30-18-9-7-17(8-10-18)16-5-3-2-4-6-16/h2-6,13-14,17-20,25H,7-12,15H2,1H3,(H,24,27)/t17?,18?,19-,20-/m0/s1. The highest BCUT2D eigenvalue weighted by molar-refractivity contribution is 7.88.